The van der Waals surface area contributed by atoms with Gasteiger partial charge in [-0.2, -0.15) is 5.10 Å². The Bertz CT molecular complexity index is 796. The van der Waals surface area contributed by atoms with Crippen molar-refractivity contribution in [2.45, 2.75) is 19.4 Å². The summed E-state index contributed by atoms with van der Waals surface area (Å²) in [6.45, 7) is 2.47. The highest BCUT2D eigenvalue weighted by molar-refractivity contribution is 7.09. The van der Waals surface area contributed by atoms with Crippen LogP contribution in [0.4, 0.5) is 0 Å². The Kier molecular flexibility index (Phi) is 4.97. The highest BCUT2D eigenvalue weighted by atomic mass is 32.1. The van der Waals surface area contributed by atoms with Gasteiger partial charge in [-0.25, -0.2) is 14.6 Å². The van der Waals surface area contributed by atoms with E-state index in [9.17, 15) is 4.79 Å². The van der Waals surface area contributed by atoms with E-state index in [1.54, 1.807) is 16.4 Å². The SMILES string of the molecule is CC(NC(=O)c1csc(CCN)n1)c1ccc(-n2cncn2)cc1. The van der Waals surface area contributed by atoms with Crippen molar-refractivity contribution in [3.05, 3.63) is 58.6 Å². The van der Waals surface area contributed by atoms with E-state index in [-0.39, 0.29) is 11.9 Å². The lowest BCUT2D eigenvalue weighted by molar-refractivity contribution is 0.0935. The molecule has 0 bridgehead atoms. The summed E-state index contributed by atoms with van der Waals surface area (Å²) in [6.07, 6.45) is 3.82. The zero-order valence-corrected chi connectivity index (χ0v) is 14.0. The molecule has 3 aromatic rings. The molecule has 0 saturated carbocycles. The van der Waals surface area contributed by atoms with Gasteiger partial charge in [0.1, 0.15) is 18.3 Å². The third-order valence-electron chi connectivity index (χ3n) is 3.57. The van der Waals surface area contributed by atoms with Crippen LogP contribution in [0, 0.1) is 0 Å². The molecule has 0 saturated heterocycles. The first kappa shape index (κ1) is 16.3. The Morgan fingerprint density at radius 2 is 2.17 bits per heavy atom. The highest BCUT2D eigenvalue weighted by Crippen LogP contribution is 2.16. The van der Waals surface area contributed by atoms with Crippen molar-refractivity contribution in [3.63, 3.8) is 0 Å². The van der Waals surface area contributed by atoms with Crippen LogP contribution in [0.15, 0.2) is 42.3 Å². The van der Waals surface area contributed by atoms with Gasteiger partial charge < -0.3 is 11.1 Å². The van der Waals surface area contributed by atoms with Crippen molar-refractivity contribution in [2.75, 3.05) is 6.54 Å². The van der Waals surface area contributed by atoms with E-state index in [1.807, 2.05) is 31.2 Å². The Balaban J connectivity index is 1.65. The average molecular weight is 342 g/mol. The number of hydrogen-bond donors (Lipinski definition) is 2. The zero-order valence-electron chi connectivity index (χ0n) is 13.2. The maximum absolute atomic E-state index is 12.3. The quantitative estimate of drug-likeness (QED) is 0.710. The predicted molar refractivity (Wildman–Crippen MR) is 92.1 cm³/mol. The number of nitrogens with one attached hydrogen (secondary N) is 1. The summed E-state index contributed by atoms with van der Waals surface area (Å²) >= 11 is 1.46. The Morgan fingerprint density at radius 3 is 2.83 bits per heavy atom. The molecule has 0 aliphatic rings. The molecule has 3 rings (SSSR count). The van der Waals surface area contributed by atoms with Crippen molar-refractivity contribution >= 4 is 17.2 Å². The molecule has 2 aromatic heterocycles. The standard InChI is InChI=1S/C16H18N6OS/c1-11(20-16(23)14-8-24-15(21-14)6-7-17)12-2-4-13(5-3-12)22-10-18-9-19-22/h2-5,8-11H,6-7,17H2,1H3,(H,20,23). The van der Waals surface area contributed by atoms with Gasteiger partial charge in [0.15, 0.2) is 0 Å². The molecule has 1 atom stereocenters. The van der Waals surface area contributed by atoms with Gasteiger partial charge in [0, 0.05) is 11.8 Å². The van der Waals surface area contributed by atoms with Gasteiger partial charge in [-0.05, 0) is 31.2 Å². The average Bonchev–Trinajstić information content (AvgIpc) is 3.27. The van der Waals surface area contributed by atoms with Crippen LogP contribution in [-0.2, 0) is 6.42 Å². The van der Waals surface area contributed by atoms with Crippen molar-refractivity contribution in [1.29, 1.82) is 0 Å². The number of carbonyl (C=O) groups excluding carboxylic acids is 1. The minimum atomic E-state index is -0.178. The minimum absolute atomic E-state index is 0.123. The molecule has 2 heterocycles. The number of aromatic nitrogens is 4. The van der Waals surface area contributed by atoms with E-state index in [0.29, 0.717) is 18.7 Å². The zero-order chi connectivity index (χ0) is 16.9. The van der Waals surface area contributed by atoms with Gasteiger partial charge in [0.2, 0.25) is 0 Å². The minimum Gasteiger partial charge on any atom is -0.344 e. The molecule has 24 heavy (non-hydrogen) atoms. The molecular weight excluding hydrogens is 324 g/mol. The first-order valence-electron chi connectivity index (χ1n) is 7.57. The Labute approximate surface area is 143 Å². The van der Waals surface area contributed by atoms with Crippen LogP contribution >= 0.6 is 11.3 Å². The van der Waals surface area contributed by atoms with Crippen LogP contribution in [0.3, 0.4) is 0 Å². The fraction of sp³-hybridized carbons (Fsp3) is 0.250. The monoisotopic (exact) mass is 342 g/mol. The second-order valence-electron chi connectivity index (χ2n) is 5.29. The van der Waals surface area contributed by atoms with E-state index >= 15 is 0 Å². The molecule has 0 spiro atoms. The molecule has 1 unspecified atom stereocenters. The number of carbonyl (C=O) groups is 1. The lowest BCUT2D eigenvalue weighted by Gasteiger charge is -2.14. The predicted octanol–water partition coefficient (Wildman–Crippen LogP) is 1.72. The second kappa shape index (κ2) is 7.33. The molecule has 7 nitrogen and oxygen atoms in total. The first-order valence-corrected chi connectivity index (χ1v) is 8.45. The van der Waals surface area contributed by atoms with Crippen LogP contribution < -0.4 is 11.1 Å². The Morgan fingerprint density at radius 1 is 1.38 bits per heavy atom. The highest BCUT2D eigenvalue weighted by Gasteiger charge is 2.14. The van der Waals surface area contributed by atoms with Crippen LogP contribution in [0.5, 0.6) is 0 Å². The van der Waals surface area contributed by atoms with Crippen LogP contribution in [0.2, 0.25) is 0 Å². The van der Waals surface area contributed by atoms with Gasteiger partial charge in [-0.1, -0.05) is 12.1 Å². The number of rotatable bonds is 6. The number of amides is 1. The number of nitrogens with zero attached hydrogens (tertiary/aromatic N) is 4. The normalized spacial score (nSPS) is 12.1. The molecule has 1 amide bonds. The van der Waals surface area contributed by atoms with Crippen LogP contribution in [0.25, 0.3) is 5.69 Å². The number of nitrogens with two attached hydrogens (primary N) is 1. The number of hydrogen-bond acceptors (Lipinski definition) is 6. The lowest BCUT2D eigenvalue weighted by atomic mass is 10.1. The number of benzene rings is 1. The summed E-state index contributed by atoms with van der Waals surface area (Å²) < 4.78 is 1.68. The van der Waals surface area contributed by atoms with Gasteiger partial charge in [0.05, 0.1) is 16.7 Å². The maximum atomic E-state index is 12.3. The third kappa shape index (κ3) is 3.66. The van der Waals surface area contributed by atoms with Crippen molar-refractivity contribution in [2.24, 2.45) is 5.73 Å². The molecule has 0 fully saturated rings. The first-order chi connectivity index (χ1) is 11.7. The maximum Gasteiger partial charge on any atom is 0.271 e. The summed E-state index contributed by atoms with van der Waals surface area (Å²) in [7, 11) is 0. The van der Waals surface area contributed by atoms with E-state index in [1.165, 1.54) is 17.7 Å². The van der Waals surface area contributed by atoms with Gasteiger partial charge in [-0.3, -0.25) is 4.79 Å². The van der Waals surface area contributed by atoms with Crippen molar-refractivity contribution in [3.8, 4) is 5.69 Å². The van der Waals surface area contributed by atoms with Gasteiger partial charge >= 0.3 is 0 Å². The molecule has 124 valence electrons. The van der Waals surface area contributed by atoms with Crippen molar-refractivity contribution < 1.29 is 4.79 Å². The summed E-state index contributed by atoms with van der Waals surface area (Å²) in [6, 6.07) is 7.68. The fourth-order valence-electron chi connectivity index (χ4n) is 2.26. The van der Waals surface area contributed by atoms with E-state index in [4.69, 9.17) is 5.73 Å². The second-order valence-corrected chi connectivity index (χ2v) is 6.23. The largest absolute Gasteiger partial charge is 0.344 e. The summed E-state index contributed by atoms with van der Waals surface area (Å²) in [5.41, 5.74) is 7.87. The van der Waals surface area contributed by atoms with E-state index < -0.39 is 0 Å². The molecule has 8 heteroatoms. The summed E-state index contributed by atoms with van der Waals surface area (Å²) in [4.78, 5) is 20.5. The molecule has 0 aliphatic heterocycles. The summed E-state index contributed by atoms with van der Waals surface area (Å²) in [5, 5.41) is 9.69. The van der Waals surface area contributed by atoms with Crippen LogP contribution in [0.1, 0.15) is 34.0 Å². The smallest absolute Gasteiger partial charge is 0.271 e. The van der Waals surface area contributed by atoms with Gasteiger partial charge in [-0.15, -0.1) is 11.3 Å². The summed E-state index contributed by atoms with van der Waals surface area (Å²) in [5.74, 6) is -0.178. The molecule has 0 radical (unpaired) electrons. The van der Waals surface area contributed by atoms with E-state index in [0.717, 1.165) is 16.3 Å². The Hall–Kier alpha value is -2.58. The topological polar surface area (TPSA) is 98.7 Å². The van der Waals surface area contributed by atoms with Gasteiger partial charge in [0.25, 0.3) is 5.91 Å². The molecule has 1 aromatic carbocycles. The van der Waals surface area contributed by atoms with E-state index in [2.05, 4.69) is 20.4 Å². The third-order valence-corrected chi connectivity index (χ3v) is 4.48. The molecular formula is C16H18N6OS. The number of thiazole rings is 1. The molecule has 0 aliphatic carbocycles. The van der Waals surface area contributed by atoms with Crippen molar-refractivity contribution in [1.82, 2.24) is 25.1 Å². The lowest BCUT2D eigenvalue weighted by Crippen LogP contribution is -2.27. The van der Waals surface area contributed by atoms with Crippen LogP contribution in [-0.4, -0.2) is 32.2 Å². The molecule has 3 N–H and O–H groups in total. The fourth-order valence-corrected chi connectivity index (χ4v) is 3.06.